The fourth-order valence-corrected chi connectivity index (χ4v) is 3.58. The Balaban J connectivity index is 1.35. The number of carbonyl (C=O) groups is 2. The highest BCUT2D eigenvalue weighted by Crippen LogP contribution is 2.22. The van der Waals surface area contributed by atoms with E-state index in [-0.39, 0.29) is 17.7 Å². The predicted octanol–water partition coefficient (Wildman–Crippen LogP) is 2.46. The molecule has 1 N–H and O–H groups in total. The normalized spacial score (nSPS) is 14.6. The maximum atomic E-state index is 12.7. The van der Waals surface area contributed by atoms with Crippen molar-refractivity contribution in [3.8, 4) is 5.69 Å². The highest BCUT2D eigenvalue weighted by molar-refractivity contribution is 5.96. The first-order valence-electron chi connectivity index (χ1n) is 9.61. The van der Waals surface area contributed by atoms with Gasteiger partial charge in [-0.2, -0.15) is 0 Å². The van der Waals surface area contributed by atoms with Gasteiger partial charge in [0.2, 0.25) is 5.91 Å². The molecule has 8 nitrogen and oxygen atoms in total. The number of amides is 2. The Morgan fingerprint density at radius 3 is 2.59 bits per heavy atom. The van der Waals surface area contributed by atoms with Crippen molar-refractivity contribution in [2.75, 3.05) is 18.4 Å². The quantitative estimate of drug-likeness (QED) is 0.739. The molecule has 2 aromatic carbocycles. The zero-order valence-electron chi connectivity index (χ0n) is 16.2. The van der Waals surface area contributed by atoms with Crippen molar-refractivity contribution in [2.24, 2.45) is 5.92 Å². The van der Waals surface area contributed by atoms with Gasteiger partial charge in [-0.3, -0.25) is 9.59 Å². The van der Waals surface area contributed by atoms with Crippen molar-refractivity contribution in [2.45, 2.75) is 19.8 Å². The number of benzene rings is 2. The minimum Gasteiger partial charge on any atom is -0.339 e. The van der Waals surface area contributed by atoms with Gasteiger partial charge < -0.3 is 10.2 Å². The highest BCUT2D eigenvalue weighted by atomic mass is 16.2. The van der Waals surface area contributed by atoms with Crippen molar-refractivity contribution in [3.05, 3.63) is 66.0 Å². The Morgan fingerprint density at radius 1 is 1.07 bits per heavy atom. The lowest BCUT2D eigenvalue weighted by atomic mass is 9.95. The zero-order chi connectivity index (χ0) is 20.2. The lowest BCUT2D eigenvalue weighted by Crippen LogP contribution is -2.41. The fourth-order valence-electron chi connectivity index (χ4n) is 3.58. The van der Waals surface area contributed by atoms with Crippen molar-refractivity contribution < 1.29 is 9.59 Å². The number of aromatic nitrogens is 4. The van der Waals surface area contributed by atoms with Crippen LogP contribution in [0.1, 0.15) is 28.8 Å². The summed E-state index contributed by atoms with van der Waals surface area (Å²) in [6, 6.07) is 15.0. The van der Waals surface area contributed by atoms with Gasteiger partial charge in [0.25, 0.3) is 5.91 Å². The average molecular weight is 390 g/mol. The fraction of sp³-hybridized carbons (Fsp3) is 0.286. The molecule has 0 unspecified atom stereocenters. The molecule has 1 aromatic heterocycles. The third-order valence-corrected chi connectivity index (χ3v) is 5.26. The molecule has 0 radical (unpaired) electrons. The molecule has 1 fully saturated rings. The van der Waals surface area contributed by atoms with Crippen LogP contribution in [0.5, 0.6) is 0 Å². The van der Waals surface area contributed by atoms with Crippen LogP contribution in [-0.4, -0.2) is 50.0 Å². The molecule has 8 heteroatoms. The van der Waals surface area contributed by atoms with Gasteiger partial charge in [0, 0.05) is 30.3 Å². The molecule has 2 amide bonds. The Hall–Kier alpha value is -3.55. The first-order chi connectivity index (χ1) is 14.1. The van der Waals surface area contributed by atoms with E-state index in [0.29, 0.717) is 31.6 Å². The lowest BCUT2D eigenvalue weighted by molar-refractivity contribution is -0.121. The Morgan fingerprint density at radius 2 is 1.86 bits per heavy atom. The summed E-state index contributed by atoms with van der Waals surface area (Å²) in [5.74, 6) is -0.106. The standard InChI is InChI=1S/C21H22N6O2/c1-15-5-2-3-8-19(15)21(29)26-11-9-16(10-12-26)20(28)23-17-6-4-7-18(13-17)27-14-22-24-25-27/h2-8,13-14,16H,9-12H2,1H3,(H,23,28). The van der Waals surface area contributed by atoms with Gasteiger partial charge in [-0.15, -0.1) is 5.10 Å². The number of rotatable bonds is 4. The van der Waals surface area contributed by atoms with Gasteiger partial charge >= 0.3 is 0 Å². The molecule has 1 saturated heterocycles. The van der Waals surface area contributed by atoms with Crippen molar-refractivity contribution in [1.29, 1.82) is 0 Å². The van der Waals surface area contributed by atoms with Gasteiger partial charge in [0.1, 0.15) is 6.33 Å². The first kappa shape index (κ1) is 18.8. The molecular weight excluding hydrogens is 368 g/mol. The number of nitrogens with one attached hydrogen (secondary N) is 1. The summed E-state index contributed by atoms with van der Waals surface area (Å²) >= 11 is 0. The second-order valence-corrected chi connectivity index (χ2v) is 7.18. The monoisotopic (exact) mass is 390 g/mol. The molecule has 4 rings (SSSR count). The van der Waals surface area contributed by atoms with E-state index in [2.05, 4.69) is 20.8 Å². The molecule has 29 heavy (non-hydrogen) atoms. The van der Waals surface area contributed by atoms with E-state index in [9.17, 15) is 9.59 Å². The maximum Gasteiger partial charge on any atom is 0.254 e. The van der Waals surface area contributed by atoms with Crippen LogP contribution >= 0.6 is 0 Å². The summed E-state index contributed by atoms with van der Waals surface area (Å²) in [6.07, 6.45) is 2.80. The van der Waals surface area contributed by atoms with Crippen LogP contribution in [0.25, 0.3) is 5.69 Å². The molecule has 2 heterocycles. The van der Waals surface area contributed by atoms with Gasteiger partial charge in [-0.05, 0) is 60.0 Å². The molecule has 0 bridgehead atoms. The van der Waals surface area contributed by atoms with Crippen LogP contribution in [-0.2, 0) is 4.79 Å². The van der Waals surface area contributed by atoms with Crippen LogP contribution in [0.4, 0.5) is 5.69 Å². The third-order valence-electron chi connectivity index (χ3n) is 5.26. The van der Waals surface area contributed by atoms with Crippen molar-refractivity contribution in [3.63, 3.8) is 0 Å². The number of hydrogen-bond acceptors (Lipinski definition) is 5. The average Bonchev–Trinajstić information content (AvgIpc) is 3.29. The summed E-state index contributed by atoms with van der Waals surface area (Å²) in [6.45, 7) is 3.10. The van der Waals surface area contributed by atoms with E-state index in [1.54, 1.807) is 0 Å². The number of piperidine rings is 1. The van der Waals surface area contributed by atoms with E-state index < -0.39 is 0 Å². The van der Waals surface area contributed by atoms with Crippen LogP contribution in [0, 0.1) is 12.8 Å². The topological polar surface area (TPSA) is 93.0 Å². The number of aryl methyl sites for hydroxylation is 1. The summed E-state index contributed by atoms with van der Waals surface area (Å²) < 4.78 is 1.53. The van der Waals surface area contributed by atoms with Crippen LogP contribution in [0.15, 0.2) is 54.9 Å². The van der Waals surface area contributed by atoms with Crippen LogP contribution in [0.3, 0.4) is 0 Å². The number of tetrazole rings is 1. The Labute approximate surface area is 168 Å². The van der Waals surface area contributed by atoms with E-state index in [1.807, 2.05) is 60.4 Å². The second-order valence-electron chi connectivity index (χ2n) is 7.18. The molecule has 1 aliphatic heterocycles. The minimum atomic E-state index is -0.118. The summed E-state index contributed by atoms with van der Waals surface area (Å²) in [4.78, 5) is 27.3. The SMILES string of the molecule is Cc1ccccc1C(=O)N1CCC(C(=O)Nc2cccc(-n3cnnn3)c2)CC1. The molecule has 0 spiro atoms. The Bertz CT molecular complexity index is 1010. The molecule has 1 aliphatic rings. The molecular formula is C21H22N6O2. The van der Waals surface area contributed by atoms with Crippen LogP contribution in [0.2, 0.25) is 0 Å². The molecule has 0 aliphatic carbocycles. The van der Waals surface area contributed by atoms with E-state index in [0.717, 1.165) is 16.8 Å². The van der Waals surface area contributed by atoms with Gasteiger partial charge in [-0.25, -0.2) is 4.68 Å². The van der Waals surface area contributed by atoms with Gasteiger partial charge in [0.05, 0.1) is 5.69 Å². The van der Waals surface area contributed by atoms with Gasteiger partial charge in [-0.1, -0.05) is 24.3 Å². The number of nitrogens with zero attached hydrogens (tertiary/aromatic N) is 5. The zero-order valence-corrected chi connectivity index (χ0v) is 16.2. The summed E-state index contributed by atoms with van der Waals surface area (Å²) in [5, 5.41) is 14.1. The van der Waals surface area contributed by atoms with Gasteiger partial charge in [0.15, 0.2) is 0 Å². The first-order valence-corrected chi connectivity index (χ1v) is 9.61. The summed E-state index contributed by atoms with van der Waals surface area (Å²) in [7, 11) is 0. The van der Waals surface area contributed by atoms with E-state index in [1.165, 1.54) is 11.0 Å². The van der Waals surface area contributed by atoms with Crippen LogP contribution < -0.4 is 5.32 Å². The van der Waals surface area contributed by atoms with Crippen molar-refractivity contribution in [1.82, 2.24) is 25.1 Å². The number of carbonyl (C=O) groups excluding carboxylic acids is 2. The number of anilines is 1. The molecule has 3 aromatic rings. The highest BCUT2D eigenvalue weighted by Gasteiger charge is 2.28. The molecule has 0 saturated carbocycles. The summed E-state index contributed by atoms with van der Waals surface area (Å²) in [5.41, 5.74) is 3.17. The smallest absolute Gasteiger partial charge is 0.254 e. The number of hydrogen-bond donors (Lipinski definition) is 1. The second kappa shape index (κ2) is 8.22. The molecule has 0 atom stereocenters. The van der Waals surface area contributed by atoms with Crippen molar-refractivity contribution >= 4 is 17.5 Å². The van der Waals surface area contributed by atoms with E-state index in [4.69, 9.17) is 0 Å². The minimum absolute atomic E-state index is 0.0261. The van der Waals surface area contributed by atoms with E-state index >= 15 is 0 Å². The largest absolute Gasteiger partial charge is 0.339 e. The molecule has 148 valence electrons. The number of likely N-dealkylation sites (tertiary alicyclic amines) is 1. The Kier molecular flexibility index (Phi) is 5.33. The third kappa shape index (κ3) is 4.16. The predicted molar refractivity (Wildman–Crippen MR) is 108 cm³/mol. The lowest BCUT2D eigenvalue weighted by Gasteiger charge is -2.31. The maximum absolute atomic E-state index is 12.7.